The number of hydrogen-bond acceptors (Lipinski definition) is 4. The van der Waals surface area contributed by atoms with E-state index in [4.69, 9.17) is 4.74 Å². The highest BCUT2D eigenvalue weighted by molar-refractivity contribution is 5.88. The molecule has 0 radical (unpaired) electrons. The maximum absolute atomic E-state index is 12.0. The summed E-state index contributed by atoms with van der Waals surface area (Å²) in [5.74, 6) is -1.24. The molecule has 0 aliphatic carbocycles. The van der Waals surface area contributed by atoms with Gasteiger partial charge in [0, 0.05) is 12.0 Å². The Morgan fingerprint density at radius 1 is 1.32 bits per heavy atom. The first kappa shape index (κ1) is 15.5. The van der Waals surface area contributed by atoms with Gasteiger partial charge in [-0.05, 0) is 34.1 Å². The van der Waals surface area contributed by atoms with Crippen molar-refractivity contribution >= 4 is 17.8 Å². The van der Waals surface area contributed by atoms with Crippen molar-refractivity contribution in [3.8, 4) is 0 Å². The summed E-state index contributed by atoms with van der Waals surface area (Å²) in [5, 5.41) is 9.18. The maximum atomic E-state index is 12.0. The zero-order valence-electron chi connectivity index (χ0n) is 12.0. The highest BCUT2D eigenvalue weighted by Crippen LogP contribution is 2.36. The number of carbonyl (C=O) groups excluding carboxylic acids is 2. The number of ketones is 1. The van der Waals surface area contributed by atoms with Crippen LogP contribution in [0.15, 0.2) is 0 Å². The molecule has 0 saturated carbocycles. The van der Waals surface area contributed by atoms with Crippen molar-refractivity contribution < 1.29 is 24.2 Å². The average molecular weight is 271 g/mol. The van der Waals surface area contributed by atoms with Crippen LogP contribution in [0, 0.1) is 5.41 Å². The van der Waals surface area contributed by atoms with Gasteiger partial charge in [0.05, 0.1) is 0 Å². The molecule has 2 atom stereocenters. The molecule has 0 spiro atoms. The molecule has 1 amide bonds. The maximum Gasteiger partial charge on any atom is 0.411 e. The van der Waals surface area contributed by atoms with Crippen molar-refractivity contribution in [3.05, 3.63) is 0 Å². The van der Waals surface area contributed by atoms with E-state index in [1.165, 1.54) is 6.92 Å². The van der Waals surface area contributed by atoms with E-state index >= 15 is 0 Å². The molecule has 1 rings (SSSR count). The lowest BCUT2D eigenvalue weighted by Crippen LogP contribution is -2.43. The van der Waals surface area contributed by atoms with Gasteiger partial charge in [-0.25, -0.2) is 9.59 Å². The lowest BCUT2D eigenvalue weighted by atomic mass is 9.84. The summed E-state index contributed by atoms with van der Waals surface area (Å²) >= 11 is 0. The van der Waals surface area contributed by atoms with Crippen molar-refractivity contribution in [2.45, 2.75) is 52.7 Å². The highest BCUT2D eigenvalue weighted by atomic mass is 16.6. The number of carboxylic acids is 1. The molecule has 1 N–H and O–H groups in total. The Morgan fingerprint density at radius 2 is 1.84 bits per heavy atom. The summed E-state index contributed by atoms with van der Waals surface area (Å²) < 4.78 is 5.19. The van der Waals surface area contributed by atoms with Crippen molar-refractivity contribution in [1.29, 1.82) is 0 Å². The molecule has 0 bridgehead atoms. The third-order valence-corrected chi connectivity index (χ3v) is 3.30. The second kappa shape index (κ2) is 4.83. The van der Waals surface area contributed by atoms with Crippen LogP contribution < -0.4 is 0 Å². The van der Waals surface area contributed by atoms with Crippen LogP contribution in [0.5, 0.6) is 0 Å². The molecule has 1 aliphatic heterocycles. The second-order valence-corrected chi connectivity index (χ2v) is 6.28. The van der Waals surface area contributed by atoms with Crippen LogP contribution in [0.25, 0.3) is 0 Å². The number of nitrogens with zero attached hydrogens (tertiary/aromatic N) is 1. The van der Waals surface area contributed by atoms with Crippen LogP contribution in [-0.2, 0) is 14.3 Å². The predicted octanol–water partition coefficient (Wildman–Crippen LogP) is 1.68. The van der Waals surface area contributed by atoms with Crippen molar-refractivity contribution in [3.63, 3.8) is 0 Å². The van der Waals surface area contributed by atoms with E-state index in [1.807, 2.05) is 0 Å². The van der Waals surface area contributed by atoms with Gasteiger partial charge < -0.3 is 9.84 Å². The van der Waals surface area contributed by atoms with Crippen LogP contribution >= 0.6 is 0 Å². The second-order valence-electron chi connectivity index (χ2n) is 6.28. The summed E-state index contributed by atoms with van der Waals surface area (Å²) in [7, 11) is 0. The lowest BCUT2D eigenvalue weighted by Gasteiger charge is -2.27. The Morgan fingerprint density at radius 3 is 2.21 bits per heavy atom. The van der Waals surface area contributed by atoms with Crippen molar-refractivity contribution in [2.24, 2.45) is 5.41 Å². The summed E-state index contributed by atoms with van der Waals surface area (Å²) in [6.07, 6.45) is -0.568. The van der Waals surface area contributed by atoms with E-state index in [0.29, 0.717) is 0 Å². The molecule has 0 aromatic carbocycles. The zero-order chi connectivity index (χ0) is 15.0. The van der Waals surface area contributed by atoms with Gasteiger partial charge in [-0.1, -0.05) is 6.92 Å². The first-order valence-electron chi connectivity index (χ1n) is 6.20. The van der Waals surface area contributed by atoms with Crippen molar-refractivity contribution in [1.82, 2.24) is 4.90 Å². The number of aliphatic carboxylic acids is 1. The van der Waals surface area contributed by atoms with E-state index in [9.17, 15) is 19.5 Å². The van der Waals surface area contributed by atoms with E-state index in [1.54, 1.807) is 27.7 Å². The van der Waals surface area contributed by atoms with Crippen LogP contribution in [-0.4, -0.2) is 46.0 Å². The van der Waals surface area contributed by atoms with E-state index < -0.39 is 29.1 Å². The first-order chi connectivity index (χ1) is 8.46. The fourth-order valence-corrected chi connectivity index (χ4v) is 2.08. The van der Waals surface area contributed by atoms with Crippen LogP contribution in [0.2, 0.25) is 0 Å². The van der Waals surface area contributed by atoms with Crippen LogP contribution in [0.1, 0.15) is 41.0 Å². The number of hydrogen-bond donors (Lipinski definition) is 1. The molecular weight excluding hydrogens is 250 g/mol. The number of rotatable bonds is 2. The number of Topliss-reactive ketones (excluding diaryl/α,β-unsaturated/α-hetero) is 1. The van der Waals surface area contributed by atoms with Gasteiger partial charge in [0.1, 0.15) is 17.4 Å². The molecule has 0 aromatic rings. The monoisotopic (exact) mass is 271 g/mol. The summed E-state index contributed by atoms with van der Waals surface area (Å²) in [5.41, 5.74) is -1.52. The van der Waals surface area contributed by atoms with Gasteiger partial charge >= 0.3 is 12.1 Å². The molecular formula is C13H21NO5. The molecule has 1 aliphatic rings. The molecule has 1 fully saturated rings. The number of ether oxygens (including phenoxy) is 1. The quantitative estimate of drug-likeness (QED) is 0.826. The minimum absolute atomic E-state index is 0.0776. The van der Waals surface area contributed by atoms with Gasteiger partial charge in [-0.3, -0.25) is 9.69 Å². The topological polar surface area (TPSA) is 83.9 Å². The molecule has 6 heteroatoms. The highest BCUT2D eigenvalue weighted by Gasteiger charge is 2.49. The summed E-state index contributed by atoms with van der Waals surface area (Å²) in [6.45, 7) is 8.30. The molecule has 1 saturated heterocycles. The van der Waals surface area contributed by atoms with E-state index in [-0.39, 0.29) is 18.7 Å². The molecule has 0 aromatic heterocycles. The normalized spacial score (nSPS) is 27.2. The number of likely N-dealkylation sites (tertiary alicyclic amines) is 1. The first-order valence-corrected chi connectivity index (χ1v) is 6.20. The molecule has 108 valence electrons. The number of carboxylic acid groups (broad SMARTS) is 1. The molecule has 6 nitrogen and oxygen atoms in total. The Labute approximate surface area is 112 Å². The van der Waals surface area contributed by atoms with Crippen LogP contribution in [0.3, 0.4) is 0 Å². The smallest absolute Gasteiger partial charge is 0.411 e. The molecule has 19 heavy (non-hydrogen) atoms. The van der Waals surface area contributed by atoms with Crippen LogP contribution in [0.4, 0.5) is 4.79 Å². The molecule has 1 heterocycles. The number of amides is 1. The summed E-state index contributed by atoms with van der Waals surface area (Å²) in [6, 6.07) is -1.01. The summed E-state index contributed by atoms with van der Waals surface area (Å²) in [4.78, 5) is 36.0. The zero-order valence-corrected chi connectivity index (χ0v) is 12.0. The third-order valence-electron chi connectivity index (χ3n) is 3.30. The minimum atomic E-state index is -1.11. The Kier molecular flexibility index (Phi) is 3.93. The third kappa shape index (κ3) is 3.45. The van der Waals surface area contributed by atoms with E-state index in [0.717, 1.165) is 4.90 Å². The fraction of sp³-hybridized carbons (Fsp3) is 0.769. The largest absolute Gasteiger partial charge is 0.480 e. The SMILES string of the molecule is CC(=O)[C@@]1(C)C[C@@H](C(=O)O)N(C(=O)OC(C)(C)C)C1. The fourth-order valence-electron chi connectivity index (χ4n) is 2.08. The predicted molar refractivity (Wildman–Crippen MR) is 67.8 cm³/mol. The Balaban J connectivity index is 2.95. The van der Waals surface area contributed by atoms with Gasteiger partial charge in [-0.15, -0.1) is 0 Å². The van der Waals surface area contributed by atoms with Gasteiger partial charge in [0.15, 0.2) is 0 Å². The molecule has 0 unspecified atom stereocenters. The van der Waals surface area contributed by atoms with Gasteiger partial charge in [0.2, 0.25) is 0 Å². The van der Waals surface area contributed by atoms with Gasteiger partial charge in [-0.2, -0.15) is 0 Å². The van der Waals surface area contributed by atoms with Gasteiger partial charge in [0.25, 0.3) is 0 Å². The van der Waals surface area contributed by atoms with E-state index in [2.05, 4.69) is 0 Å². The minimum Gasteiger partial charge on any atom is -0.480 e. The Bertz CT molecular complexity index is 412. The average Bonchev–Trinajstić information content (AvgIpc) is 2.55. The number of carbonyl (C=O) groups is 3. The Hall–Kier alpha value is -1.59. The lowest BCUT2D eigenvalue weighted by molar-refractivity contribution is -0.142. The standard InChI is InChI=1S/C13H21NO5/c1-8(15)13(5)6-9(10(16)17)14(7-13)11(18)19-12(2,3)4/h9H,6-7H2,1-5H3,(H,16,17)/t9-,13-/m0/s1. The van der Waals surface area contributed by atoms with Crippen molar-refractivity contribution in [2.75, 3.05) is 6.54 Å².